The number of rotatable bonds is 1. The first-order chi connectivity index (χ1) is 5.95. The zero-order valence-electron chi connectivity index (χ0n) is 6.44. The Morgan fingerprint density at radius 3 is 2.00 bits per heavy atom. The van der Waals surface area contributed by atoms with E-state index in [2.05, 4.69) is 4.74 Å². The summed E-state index contributed by atoms with van der Waals surface area (Å²) in [6, 6.07) is 0. The van der Waals surface area contributed by atoms with Gasteiger partial charge < -0.3 is 30.3 Å². The molecule has 0 amide bonds. The summed E-state index contributed by atoms with van der Waals surface area (Å²) in [7, 11) is 0. The smallest absolute Gasteiger partial charge is 0.335 e. The van der Waals surface area contributed by atoms with E-state index in [0.29, 0.717) is 0 Å². The minimum Gasteiger partial charge on any atom is -0.479 e. The lowest BCUT2D eigenvalue weighted by molar-refractivity contribution is -0.279. The van der Waals surface area contributed by atoms with Crippen molar-refractivity contribution in [3.8, 4) is 0 Å². The van der Waals surface area contributed by atoms with Gasteiger partial charge in [-0.2, -0.15) is 0 Å². The van der Waals surface area contributed by atoms with Crippen LogP contribution < -0.4 is 0 Å². The van der Waals surface area contributed by atoms with Gasteiger partial charge in [-0.25, -0.2) is 4.79 Å². The van der Waals surface area contributed by atoms with Gasteiger partial charge >= 0.3 is 5.97 Å². The van der Waals surface area contributed by atoms with Crippen LogP contribution in [0.5, 0.6) is 0 Å². The number of ether oxygens (including phenoxy) is 1. The van der Waals surface area contributed by atoms with Crippen molar-refractivity contribution < 1.29 is 35.1 Å². The Labute approximate surface area is 72.8 Å². The number of aliphatic hydroxyl groups is 4. The molecule has 0 saturated carbocycles. The van der Waals surface area contributed by atoms with Gasteiger partial charge in [0.05, 0.1) is 0 Å². The van der Waals surface area contributed by atoms with Gasteiger partial charge in [0.1, 0.15) is 18.3 Å². The molecule has 1 rings (SSSR count). The first-order valence-corrected chi connectivity index (χ1v) is 3.55. The number of hydrogen-bond acceptors (Lipinski definition) is 6. The van der Waals surface area contributed by atoms with Crippen molar-refractivity contribution in [3.05, 3.63) is 0 Å². The zero-order chi connectivity index (χ0) is 10.2. The molecule has 1 saturated heterocycles. The van der Waals surface area contributed by atoms with E-state index < -0.39 is 36.7 Å². The van der Waals surface area contributed by atoms with E-state index >= 15 is 0 Å². The van der Waals surface area contributed by atoms with Crippen LogP contribution in [0.15, 0.2) is 0 Å². The van der Waals surface area contributed by atoms with Gasteiger partial charge in [-0.15, -0.1) is 0 Å². The van der Waals surface area contributed by atoms with Gasteiger partial charge in [-0.3, -0.25) is 0 Å². The van der Waals surface area contributed by atoms with Crippen LogP contribution in [0, 0.1) is 0 Å². The van der Waals surface area contributed by atoms with Gasteiger partial charge in [-0.1, -0.05) is 0 Å². The molecule has 3 unspecified atom stereocenters. The van der Waals surface area contributed by atoms with Crippen LogP contribution in [0.4, 0.5) is 0 Å². The number of aliphatic hydroxyl groups excluding tert-OH is 4. The summed E-state index contributed by atoms with van der Waals surface area (Å²) in [6.45, 7) is 0. The molecule has 1 aliphatic heterocycles. The Balaban J connectivity index is 2.76. The molecular formula is C6H10O7. The molecule has 5 N–H and O–H groups in total. The predicted molar refractivity (Wildman–Crippen MR) is 36.5 cm³/mol. The Morgan fingerprint density at radius 1 is 1.00 bits per heavy atom. The number of carboxylic acid groups (broad SMARTS) is 1. The molecule has 0 aromatic rings. The number of carboxylic acids is 1. The lowest BCUT2D eigenvalue weighted by atomic mass is 9.99. The molecule has 0 aromatic heterocycles. The summed E-state index contributed by atoms with van der Waals surface area (Å²) in [5.41, 5.74) is 0. The van der Waals surface area contributed by atoms with Gasteiger partial charge in [0.15, 0.2) is 12.4 Å². The van der Waals surface area contributed by atoms with Crippen molar-refractivity contribution in [3.63, 3.8) is 0 Å². The number of carbonyl (C=O) groups is 1. The van der Waals surface area contributed by atoms with E-state index in [1.165, 1.54) is 0 Å². The highest BCUT2D eigenvalue weighted by molar-refractivity contribution is 5.73. The minimum absolute atomic E-state index is 1.52. The summed E-state index contributed by atoms with van der Waals surface area (Å²) < 4.78 is 4.34. The average Bonchev–Trinajstić information content (AvgIpc) is 2.07. The second-order valence-electron chi connectivity index (χ2n) is 2.76. The Kier molecular flexibility index (Phi) is 2.84. The molecule has 1 fully saturated rings. The molecule has 0 aromatic carbocycles. The molecule has 0 spiro atoms. The van der Waals surface area contributed by atoms with E-state index in [1.54, 1.807) is 0 Å². The maximum absolute atomic E-state index is 10.4. The first kappa shape index (κ1) is 10.4. The fourth-order valence-electron chi connectivity index (χ4n) is 1.07. The molecule has 0 bridgehead atoms. The van der Waals surface area contributed by atoms with Crippen molar-refractivity contribution >= 4 is 5.97 Å². The van der Waals surface area contributed by atoms with Crippen molar-refractivity contribution in [2.75, 3.05) is 0 Å². The summed E-state index contributed by atoms with van der Waals surface area (Å²) in [6.07, 6.45) is -8.72. The highest BCUT2D eigenvalue weighted by Crippen LogP contribution is 2.19. The third kappa shape index (κ3) is 1.79. The maximum Gasteiger partial charge on any atom is 0.335 e. The van der Waals surface area contributed by atoms with Crippen LogP contribution in [0.3, 0.4) is 0 Å². The summed E-state index contributed by atoms with van der Waals surface area (Å²) in [4.78, 5) is 10.4. The monoisotopic (exact) mass is 194 g/mol. The number of hydrogen-bond donors (Lipinski definition) is 5. The van der Waals surface area contributed by atoms with Crippen molar-refractivity contribution in [2.45, 2.75) is 30.7 Å². The molecule has 1 aliphatic rings. The molecule has 13 heavy (non-hydrogen) atoms. The number of aliphatic carboxylic acids is 1. The normalized spacial score (nSPS) is 46.0. The van der Waals surface area contributed by atoms with Crippen molar-refractivity contribution in [1.82, 2.24) is 0 Å². The summed E-state index contributed by atoms with van der Waals surface area (Å²) in [5.74, 6) is -1.52. The van der Waals surface area contributed by atoms with E-state index in [-0.39, 0.29) is 0 Å². The maximum atomic E-state index is 10.4. The fraction of sp³-hybridized carbons (Fsp3) is 0.833. The predicted octanol–water partition coefficient (Wildman–Crippen LogP) is -3.13. The van der Waals surface area contributed by atoms with Gasteiger partial charge in [0, 0.05) is 0 Å². The molecule has 0 radical (unpaired) electrons. The Bertz CT molecular complexity index is 205. The highest BCUT2D eigenvalue weighted by Gasteiger charge is 2.46. The minimum atomic E-state index is -1.81. The fourth-order valence-corrected chi connectivity index (χ4v) is 1.07. The van der Waals surface area contributed by atoms with Crippen LogP contribution in [0.25, 0.3) is 0 Å². The van der Waals surface area contributed by atoms with E-state index in [0.717, 1.165) is 0 Å². The van der Waals surface area contributed by atoms with Crippen LogP contribution in [-0.4, -0.2) is 62.2 Å². The van der Waals surface area contributed by atoms with Gasteiger partial charge in [-0.05, 0) is 0 Å². The van der Waals surface area contributed by atoms with Crippen LogP contribution in [-0.2, 0) is 9.53 Å². The standard InChI is InChI=1S/C6H10O7/c7-1-2(8)4(5(10)11)13-6(12)3(1)9/h1-4,6-9,12H,(H,10,11)/t1-,2?,3?,4?,6-/m0/s1. The molecule has 1 heterocycles. The third-order valence-corrected chi connectivity index (χ3v) is 1.83. The molecule has 7 heteroatoms. The molecule has 76 valence electrons. The molecular weight excluding hydrogens is 184 g/mol. The average molecular weight is 194 g/mol. The van der Waals surface area contributed by atoms with Gasteiger partial charge in [0.2, 0.25) is 0 Å². The zero-order valence-corrected chi connectivity index (χ0v) is 6.44. The summed E-state index contributed by atoms with van der Waals surface area (Å²) >= 11 is 0. The van der Waals surface area contributed by atoms with E-state index in [9.17, 15) is 4.79 Å². The van der Waals surface area contributed by atoms with Crippen molar-refractivity contribution in [2.24, 2.45) is 0 Å². The SMILES string of the molecule is O=C(O)C1O[C@H](O)C(O)[C@@H](O)C1O. The Hall–Kier alpha value is -0.730. The lowest BCUT2D eigenvalue weighted by Crippen LogP contribution is -2.59. The van der Waals surface area contributed by atoms with Crippen molar-refractivity contribution in [1.29, 1.82) is 0 Å². The third-order valence-electron chi connectivity index (χ3n) is 1.83. The second kappa shape index (κ2) is 3.56. The molecule has 5 atom stereocenters. The van der Waals surface area contributed by atoms with Crippen LogP contribution in [0.2, 0.25) is 0 Å². The first-order valence-electron chi connectivity index (χ1n) is 3.55. The quantitative estimate of drug-likeness (QED) is 0.298. The van der Waals surface area contributed by atoms with E-state index in [1.807, 2.05) is 0 Å². The van der Waals surface area contributed by atoms with Crippen LogP contribution >= 0.6 is 0 Å². The largest absolute Gasteiger partial charge is 0.479 e. The topological polar surface area (TPSA) is 127 Å². The Morgan fingerprint density at radius 2 is 1.54 bits per heavy atom. The molecule has 7 nitrogen and oxygen atoms in total. The molecule has 0 aliphatic carbocycles. The highest BCUT2D eigenvalue weighted by atomic mass is 16.6. The lowest BCUT2D eigenvalue weighted by Gasteiger charge is -2.36. The van der Waals surface area contributed by atoms with Gasteiger partial charge in [0.25, 0.3) is 0 Å². The van der Waals surface area contributed by atoms with E-state index in [4.69, 9.17) is 25.5 Å². The van der Waals surface area contributed by atoms with Crippen LogP contribution in [0.1, 0.15) is 0 Å². The second-order valence-corrected chi connectivity index (χ2v) is 2.76. The summed E-state index contributed by atoms with van der Waals surface area (Å²) in [5, 5.41) is 44.4.